The molecule has 6 heteroatoms. The van der Waals surface area contributed by atoms with Gasteiger partial charge in [0.15, 0.2) is 0 Å². The van der Waals surface area contributed by atoms with E-state index in [4.69, 9.17) is 0 Å². The Morgan fingerprint density at radius 2 is 2.05 bits per heavy atom. The van der Waals surface area contributed by atoms with Gasteiger partial charge in [0, 0.05) is 18.2 Å². The van der Waals surface area contributed by atoms with Gasteiger partial charge in [0.25, 0.3) is 0 Å². The van der Waals surface area contributed by atoms with Crippen molar-refractivity contribution >= 4 is 22.6 Å². The molecule has 0 aliphatic rings. The number of hydrogen-bond acceptors (Lipinski definition) is 3. The Kier molecular flexibility index (Phi) is 4.01. The van der Waals surface area contributed by atoms with Gasteiger partial charge < -0.3 is 20.6 Å². The quantitative estimate of drug-likeness (QED) is 0.649. The van der Waals surface area contributed by atoms with E-state index in [0.29, 0.717) is 17.7 Å². The number of benzene rings is 1. The lowest BCUT2D eigenvalue weighted by atomic mass is 10.1. The molecule has 1 amide bonds. The molecule has 1 heterocycles. The van der Waals surface area contributed by atoms with Gasteiger partial charge in [-0.05, 0) is 24.7 Å². The van der Waals surface area contributed by atoms with E-state index in [2.05, 4.69) is 20.6 Å². The molecule has 0 saturated heterocycles. The molecule has 2 aromatic rings. The van der Waals surface area contributed by atoms with E-state index in [1.807, 2.05) is 13.8 Å². The van der Waals surface area contributed by atoms with Gasteiger partial charge in [-0.25, -0.2) is 4.79 Å². The number of H-pyrrole nitrogens is 2. The molecule has 0 fully saturated rings. The third-order valence-electron chi connectivity index (χ3n) is 2.93. The summed E-state index contributed by atoms with van der Waals surface area (Å²) in [5.41, 5.74) is 1.83. The van der Waals surface area contributed by atoms with E-state index in [1.165, 1.54) is 0 Å². The maximum absolute atomic E-state index is 11.9. The third-order valence-corrected chi connectivity index (χ3v) is 2.93. The topological polar surface area (TPSA) is 89.8 Å². The molecule has 19 heavy (non-hydrogen) atoms. The van der Waals surface area contributed by atoms with Crippen LogP contribution in [0.15, 0.2) is 23.0 Å². The normalized spacial score (nSPS) is 12.5. The highest BCUT2D eigenvalue weighted by molar-refractivity contribution is 5.94. The third kappa shape index (κ3) is 3.23. The van der Waals surface area contributed by atoms with E-state index >= 15 is 0 Å². The Morgan fingerprint density at radius 3 is 2.79 bits per heavy atom. The summed E-state index contributed by atoms with van der Waals surface area (Å²) in [6.45, 7) is 5.36. The predicted octanol–water partition coefficient (Wildman–Crippen LogP) is 1.04. The standard InChI is InChI=1S/C13H18N4O2/c1-3-14-7-8(2)12(18)15-9-4-5-10-11(6-9)17-13(19)16-10/h4-6,8,14H,3,7H2,1-2H3,(H,15,18)(H2,16,17,19). The Bertz CT molecular complexity index is 629. The van der Waals surface area contributed by atoms with Crippen LogP contribution < -0.4 is 16.3 Å². The monoisotopic (exact) mass is 262 g/mol. The van der Waals surface area contributed by atoms with Gasteiger partial charge in [-0.3, -0.25) is 4.79 Å². The summed E-state index contributed by atoms with van der Waals surface area (Å²) in [4.78, 5) is 28.4. The van der Waals surface area contributed by atoms with Crippen molar-refractivity contribution in [2.75, 3.05) is 18.4 Å². The maximum Gasteiger partial charge on any atom is 0.323 e. The van der Waals surface area contributed by atoms with Crippen LogP contribution in [0.2, 0.25) is 0 Å². The van der Waals surface area contributed by atoms with Crippen molar-refractivity contribution in [1.82, 2.24) is 15.3 Å². The fraction of sp³-hybridized carbons (Fsp3) is 0.385. The number of aromatic amines is 2. The number of fused-ring (bicyclic) bond motifs is 1. The lowest BCUT2D eigenvalue weighted by molar-refractivity contribution is -0.119. The Morgan fingerprint density at radius 1 is 1.32 bits per heavy atom. The van der Waals surface area contributed by atoms with Crippen molar-refractivity contribution in [3.05, 3.63) is 28.7 Å². The second kappa shape index (κ2) is 5.71. The summed E-state index contributed by atoms with van der Waals surface area (Å²) in [5, 5.41) is 5.97. The smallest absolute Gasteiger partial charge is 0.323 e. The second-order valence-electron chi connectivity index (χ2n) is 4.54. The van der Waals surface area contributed by atoms with Crippen molar-refractivity contribution in [3.8, 4) is 0 Å². The molecule has 4 N–H and O–H groups in total. The first-order valence-electron chi connectivity index (χ1n) is 6.33. The first kappa shape index (κ1) is 13.4. The molecule has 102 valence electrons. The average Bonchev–Trinajstić information content (AvgIpc) is 2.75. The van der Waals surface area contributed by atoms with Crippen LogP contribution in [0, 0.1) is 5.92 Å². The van der Waals surface area contributed by atoms with E-state index in [1.54, 1.807) is 18.2 Å². The Hall–Kier alpha value is -2.08. The molecular weight excluding hydrogens is 244 g/mol. The molecule has 0 saturated carbocycles. The number of aromatic nitrogens is 2. The minimum atomic E-state index is -0.251. The highest BCUT2D eigenvalue weighted by Gasteiger charge is 2.12. The molecule has 0 spiro atoms. The van der Waals surface area contributed by atoms with Gasteiger partial charge in [-0.15, -0.1) is 0 Å². The van der Waals surface area contributed by atoms with E-state index in [9.17, 15) is 9.59 Å². The van der Waals surface area contributed by atoms with Gasteiger partial charge in [0.05, 0.1) is 11.0 Å². The van der Waals surface area contributed by atoms with Gasteiger partial charge in [0.2, 0.25) is 5.91 Å². The molecule has 0 radical (unpaired) electrons. The zero-order valence-corrected chi connectivity index (χ0v) is 11.0. The molecule has 1 atom stereocenters. The Labute approximate surface area is 110 Å². The molecule has 2 rings (SSSR count). The summed E-state index contributed by atoms with van der Waals surface area (Å²) in [6.07, 6.45) is 0. The lowest BCUT2D eigenvalue weighted by Crippen LogP contribution is -2.30. The molecule has 0 bridgehead atoms. The number of carbonyl (C=O) groups is 1. The molecular formula is C13H18N4O2. The number of imidazole rings is 1. The summed E-state index contributed by atoms with van der Waals surface area (Å²) in [6, 6.07) is 5.27. The van der Waals surface area contributed by atoms with Crippen LogP contribution in [-0.2, 0) is 4.79 Å². The van der Waals surface area contributed by atoms with Crippen molar-refractivity contribution in [3.63, 3.8) is 0 Å². The van der Waals surface area contributed by atoms with Crippen LogP contribution in [0.3, 0.4) is 0 Å². The predicted molar refractivity (Wildman–Crippen MR) is 75.3 cm³/mol. The van der Waals surface area contributed by atoms with Crippen LogP contribution in [-0.4, -0.2) is 29.0 Å². The van der Waals surface area contributed by atoms with Crippen molar-refractivity contribution in [1.29, 1.82) is 0 Å². The second-order valence-corrected chi connectivity index (χ2v) is 4.54. The van der Waals surface area contributed by atoms with Crippen molar-refractivity contribution < 1.29 is 4.79 Å². The summed E-state index contributed by atoms with van der Waals surface area (Å²) < 4.78 is 0. The zero-order chi connectivity index (χ0) is 13.8. The van der Waals surface area contributed by atoms with Crippen molar-refractivity contribution in [2.45, 2.75) is 13.8 Å². The number of amides is 1. The Balaban J connectivity index is 2.08. The van der Waals surface area contributed by atoms with E-state index in [0.717, 1.165) is 12.1 Å². The SMILES string of the molecule is CCNCC(C)C(=O)Nc1ccc2[nH]c(=O)[nH]c2c1. The van der Waals surface area contributed by atoms with Crippen LogP contribution in [0.4, 0.5) is 5.69 Å². The summed E-state index contributed by atoms with van der Waals surface area (Å²) in [7, 11) is 0. The number of hydrogen-bond donors (Lipinski definition) is 4. The largest absolute Gasteiger partial charge is 0.326 e. The van der Waals surface area contributed by atoms with Crippen LogP contribution in [0.5, 0.6) is 0 Å². The van der Waals surface area contributed by atoms with Gasteiger partial charge in [0.1, 0.15) is 0 Å². The average molecular weight is 262 g/mol. The summed E-state index contributed by atoms with van der Waals surface area (Å²) >= 11 is 0. The van der Waals surface area contributed by atoms with Crippen LogP contribution >= 0.6 is 0 Å². The molecule has 1 aromatic carbocycles. The van der Waals surface area contributed by atoms with E-state index < -0.39 is 0 Å². The fourth-order valence-corrected chi connectivity index (χ4v) is 1.83. The number of carbonyl (C=O) groups excluding carboxylic acids is 1. The first-order chi connectivity index (χ1) is 9.10. The van der Waals surface area contributed by atoms with Crippen LogP contribution in [0.1, 0.15) is 13.8 Å². The molecule has 1 aromatic heterocycles. The van der Waals surface area contributed by atoms with Gasteiger partial charge in [-0.2, -0.15) is 0 Å². The zero-order valence-electron chi connectivity index (χ0n) is 11.0. The van der Waals surface area contributed by atoms with Gasteiger partial charge in [-0.1, -0.05) is 13.8 Å². The lowest BCUT2D eigenvalue weighted by Gasteiger charge is -2.12. The number of rotatable bonds is 5. The fourth-order valence-electron chi connectivity index (χ4n) is 1.83. The molecule has 6 nitrogen and oxygen atoms in total. The minimum absolute atomic E-state index is 0.0433. The number of anilines is 1. The molecule has 1 unspecified atom stereocenters. The molecule has 0 aliphatic heterocycles. The van der Waals surface area contributed by atoms with Crippen molar-refractivity contribution in [2.24, 2.45) is 5.92 Å². The summed E-state index contributed by atoms with van der Waals surface area (Å²) in [5.74, 6) is -0.154. The number of nitrogens with one attached hydrogen (secondary N) is 4. The molecule has 0 aliphatic carbocycles. The highest BCUT2D eigenvalue weighted by atomic mass is 16.2. The highest BCUT2D eigenvalue weighted by Crippen LogP contribution is 2.15. The first-order valence-corrected chi connectivity index (χ1v) is 6.33. The van der Waals surface area contributed by atoms with E-state index in [-0.39, 0.29) is 17.5 Å². The van der Waals surface area contributed by atoms with Crippen LogP contribution in [0.25, 0.3) is 11.0 Å². The minimum Gasteiger partial charge on any atom is -0.326 e. The maximum atomic E-state index is 11.9. The van der Waals surface area contributed by atoms with Gasteiger partial charge >= 0.3 is 5.69 Å².